The summed E-state index contributed by atoms with van der Waals surface area (Å²) >= 11 is -0.317. The lowest BCUT2D eigenvalue weighted by molar-refractivity contribution is -0.132. The van der Waals surface area contributed by atoms with Crippen LogP contribution in [0, 0.1) is 5.92 Å². The molecule has 0 aromatic carbocycles. The molecule has 1 aromatic rings. The van der Waals surface area contributed by atoms with Gasteiger partial charge in [-0.1, -0.05) is 0 Å². The second-order valence-corrected chi connectivity index (χ2v) is 7.22. The molecular formula is C15H17F3N4O2S. The fourth-order valence-electron chi connectivity index (χ4n) is 3.35. The molecule has 0 aliphatic carbocycles. The molecule has 2 amide bonds. The monoisotopic (exact) mass is 374 g/mol. The van der Waals surface area contributed by atoms with E-state index in [0.717, 1.165) is 6.42 Å². The largest absolute Gasteiger partial charge is 0.442 e. The Morgan fingerprint density at radius 3 is 2.68 bits per heavy atom. The zero-order chi connectivity index (χ0) is 18.0. The lowest BCUT2D eigenvalue weighted by Crippen LogP contribution is -2.48. The molecule has 0 unspecified atom stereocenters. The average molecular weight is 374 g/mol. The van der Waals surface area contributed by atoms with Crippen LogP contribution in [0.2, 0.25) is 0 Å². The van der Waals surface area contributed by atoms with Crippen LogP contribution in [0.1, 0.15) is 23.3 Å². The number of carbonyl (C=O) groups is 2. The molecule has 4 heterocycles. The molecule has 0 radical (unpaired) electrons. The number of carbonyl (C=O) groups excluding carboxylic acids is 2. The summed E-state index contributed by atoms with van der Waals surface area (Å²) in [7, 11) is 0. The highest BCUT2D eigenvalue weighted by Gasteiger charge is 2.40. The molecule has 25 heavy (non-hydrogen) atoms. The van der Waals surface area contributed by atoms with Crippen LogP contribution in [0.5, 0.6) is 0 Å². The van der Waals surface area contributed by atoms with Crippen molar-refractivity contribution in [2.75, 3.05) is 25.4 Å². The molecule has 0 saturated carbocycles. The summed E-state index contributed by atoms with van der Waals surface area (Å²) in [6.45, 7) is 1.18. The predicted octanol–water partition coefficient (Wildman–Crippen LogP) is 1.79. The number of thioether (sulfide) groups is 1. The Kier molecular flexibility index (Phi) is 5.16. The molecule has 3 aliphatic rings. The number of hydrogen-bond acceptors (Lipinski definition) is 5. The van der Waals surface area contributed by atoms with Gasteiger partial charge in [0.1, 0.15) is 5.69 Å². The average Bonchev–Trinajstić information content (AvgIpc) is 2.91. The fraction of sp³-hybridized carbons (Fsp3) is 0.600. The highest BCUT2D eigenvalue weighted by molar-refractivity contribution is 8.00. The Morgan fingerprint density at radius 2 is 2.00 bits per heavy atom. The van der Waals surface area contributed by atoms with Gasteiger partial charge in [0.15, 0.2) is 0 Å². The van der Waals surface area contributed by atoms with E-state index in [9.17, 15) is 22.8 Å². The third-order valence-corrected chi connectivity index (χ3v) is 5.18. The quantitative estimate of drug-likeness (QED) is 0.807. The van der Waals surface area contributed by atoms with Gasteiger partial charge in [-0.2, -0.15) is 13.2 Å². The molecule has 2 atom stereocenters. The minimum atomic E-state index is -4.42. The Morgan fingerprint density at radius 1 is 1.20 bits per heavy atom. The van der Waals surface area contributed by atoms with E-state index in [1.165, 1.54) is 23.5 Å². The van der Waals surface area contributed by atoms with Crippen LogP contribution >= 0.6 is 11.8 Å². The van der Waals surface area contributed by atoms with E-state index < -0.39 is 17.2 Å². The smallest absolute Gasteiger partial charge is 0.337 e. The third-order valence-electron chi connectivity index (χ3n) is 4.46. The summed E-state index contributed by atoms with van der Waals surface area (Å²) in [5.41, 5.74) is -4.19. The number of rotatable bonds is 3. The van der Waals surface area contributed by atoms with Crippen molar-refractivity contribution in [3.63, 3.8) is 0 Å². The first kappa shape index (κ1) is 18.0. The number of hydrogen-bond donors (Lipinski definition) is 0. The minimum absolute atomic E-state index is 0.0687. The molecule has 0 spiro atoms. The van der Waals surface area contributed by atoms with E-state index in [-0.39, 0.29) is 35.3 Å². The van der Waals surface area contributed by atoms with Crippen molar-refractivity contribution in [3.05, 3.63) is 24.3 Å². The first-order chi connectivity index (χ1) is 11.8. The van der Waals surface area contributed by atoms with Crippen molar-refractivity contribution in [2.24, 2.45) is 5.92 Å². The van der Waals surface area contributed by atoms with Gasteiger partial charge in [0, 0.05) is 38.1 Å². The number of nitrogens with zero attached hydrogens (tertiary/aromatic N) is 4. The summed E-state index contributed by atoms with van der Waals surface area (Å²) in [6.07, 6.45) is 5.84. The lowest BCUT2D eigenvalue weighted by Gasteiger charge is -2.36. The van der Waals surface area contributed by atoms with Gasteiger partial charge in [0.2, 0.25) is 5.91 Å². The highest BCUT2D eigenvalue weighted by Crippen LogP contribution is 2.33. The topological polar surface area (TPSA) is 66.4 Å². The molecule has 3 fully saturated rings. The highest BCUT2D eigenvalue weighted by atomic mass is 32.2. The Balaban J connectivity index is 1.68. The van der Waals surface area contributed by atoms with Crippen molar-refractivity contribution in [2.45, 2.75) is 24.4 Å². The van der Waals surface area contributed by atoms with Gasteiger partial charge in [-0.25, -0.2) is 4.98 Å². The van der Waals surface area contributed by atoms with Gasteiger partial charge in [-0.05, 0) is 30.5 Å². The van der Waals surface area contributed by atoms with Crippen molar-refractivity contribution in [3.8, 4) is 0 Å². The Hall–Kier alpha value is -1.84. The molecule has 0 N–H and O–H groups in total. The van der Waals surface area contributed by atoms with Crippen LogP contribution in [0.25, 0.3) is 0 Å². The van der Waals surface area contributed by atoms with Gasteiger partial charge in [0.05, 0.1) is 11.9 Å². The first-order valence-electron chi connectivity index (χ1n) is 7.89. The minimum Gasteiger partial charge on any atom is -0.337 e. The van der Waals surface area contributed by atoms with Crippen molar-refractivity contribution < 1.29 is 22.8 Å². The predicted molar refractivity (Wildman–Crippen MR) is 84.7 cm³/mol. The number of amides is 2. The van der Waals surface area contributed by atoms with Gasteiger partial charge in [-0.3, -0.25) is 14.6 Å². The number of fused-ring (bicyclic) bond motifs is 4. The molecule has 2 bridgehead atoms. The molecule has 1 aromatic heterocycles. The van der Waals surface area contributed by atoms with E-state index in [1.807, 2.05) is 0 Å². The first-order valence-corrected chi connectivity index (χ1v) is 8.87. The van der Waals surface area contributed by atoms with E-state index >= 15 is 0 Å². The van der Waals surface area contributed by atoms with Gasteiger partial charge >= 0.3 is 5.51 Å². The van der Waals surface area contributed by atoms with Crippen LogP contribution in [-0.2, 0) is 4.79 Å². The van der Waals surface area contributed by atoms with Gasteiger partial charge in [-0.15, -0.1) is 0 Å². The van der Waals surface area contributed by atoms with Crippen molar-refractivity contribution >= 4 is 23.6 Å². The van der Waals surface area contributed by atoms with E-state index in [1.54, 1.807) is 4.90 Å². The molecule has 4 rings (SSSR count). The maximum atomic E-state index is 12.6. The molecule has 6 nitrogen and oxygen atoms in total. The SMILES string of the molecule is O=C(c1cnccn1)N1C[C@@H]2CC[C@H](C1)N(C(=O)CSC(F)(F)F)C2. The van der Waals surface area contributed by atoms with Gasteiger partial charge < -0.3 is 9.80 Å². The second kappa shape index (κ2) is 7.19. The number of alkyl halides is 3. The third kappa shape index (κ3) is 4.42. The summed E-state index contributed by atoms with van der Waals surface area (Å²) in [5, 5.41) is 0. The second-order valence-electron chi connectivity index (χ2n) is 6.18. The molecule has 3 aliphatic heterocycles. The Labute approximate surface area is 146 Å². The standard InChI is InChI=1S/C15H17F3N4O2S/c16-15(17,18)25-9-13(23)22-7-10-1-2-11(22)8-21(6-10)14(24)12-5-19-3-4-20-12/h3-5,10-11H,1-2,6-9H2/t10-,11+/m0/s1. The Bertz CT molecular complexity index is 643. The van der Waals surface area contributed by atoms with E-state index in [2.05, 4.69) is 9.97 Å². The summed E-state index contributed by atoms with van der Waals surface area (Å²) < 4.78 is 37.0. The van der Waals surface area contributed by atoms with Crippen LogP contribution in [0.15, 0.2) is 18.6 Å². The normalized spacial score (nSPS) is 23.5. The van der Waals surface area contributed by atoms with Crippen LogP contribution in [-0.4, -0.2) is 68.5 Å². The molecule has 10 heteroatoms. The maximum absolute atomic E-state index is 12.6. The van der Waals surface area contributed by atoms with Crippen LogP contribution in [0.4, 0.5) is 13.2 Å². The zero-order valence-corrected chi connectivity index (χ0v) is 14.1. The fourth-order valence-corrected chi connectivity index (χ4v) is 3.80. The lowest BCUT2D eigenvalue weighted by atomic mass is 9.95. The van der Waals surface area contributed by atoms with Crippen molar-refractivity contribution in [1.82, 2.24) is 19.8 Å². The number of halogens is 3. The zero-order valence-electron chi connectivity index (χ0n) is 13.3. The van der Waals surface area contributed by atoms with Crippen LogP contribution < -0.4 is 0 Å². The van der Waals surface area contributed by atoms with Crippen LogP contribution in [0.3, 0.4) is 0 Å². The maximum Gasteiger partial charge on any atom is 0.442 e. The summed E-state index contributed by atoms with van der Waals surface area (Å²) in [4.78, 5) is 35.8. The van der Waals surface area contributed by atoms with E-state index in [4.69, 9.17) is 0 Å². The van der Waals surface area contributed by atoms with Gasteiger partial charge in [0.25, 0.3) is 5.91 Å². The molecule has 3 saturated heterocycles. The summed E-state index contributed by atoms with van der Waals surface area (Å²) in [5.74, 6) is -1.33. The number of piperidine rings is 1. The van der Waals surface area contributed by atoms with Crippen molar-refractivity contribution in [1.29, 1.82) is 0 Å². The molecule has 136 valence electrons. The molecular weight excluding hydrogens is 357 g/mol. The number of aromatic nitrogens is 2. The van der Waals surface area contributed by atoms with E-state index in [0.29, 0.717) is 26.1 Å². The summed E-state index contributed by atoms with van der Waals surface area (Å²) in [6, 6.07) is -0.249.